The molecule has 2 heteroatoms. The summed E-state index contributed by atoms with van der Waals surface area (Å²) in [6.07, 6.45) is 9.76. The summed E-state index contributed by atoms with van der Waals surface area (Å²) in [5, 5.41) is 3.81. The van der Waals surface area contributed by atoms with Crippen molar-refractivity contribution >= 4 is 0 Å². The first-order valence-electron chi connectivity index (χ1n) is 8.21. The molecule has 0 aromatic rings. The molecule has 1 aliphatic heterocycles. The zero-order chi connectivity index (χ0) is 13.0. The number of hydrogen-bond donors (Lipinski definition) is 1. The molecule has 0 aromatic heterocycles. The number of nitrogens with one attached hydrogen (secondary N) is 1. The van der Waals surface area contributed by atoms with Crippen LogP contribution >= 0.6 is 0 Å². The quantitative estimate of drug-likeness (QED) is 0.825. The van der Waals surface area contributed by atoms with Crippen molar-refractivity contribution < 1.29 is 0 Å². The Bertz CT molecular complexity index is 241. The second-order valence-corrected chi connectivity index (χ2v) is 6.64. The minimum absolute atomic E-state index is 0.756. The molecule has 1 heterocycles. The third-order valence-corrected chi connectivity index (χ3v) is 4.98. The summed E-state index contributed by atoms with van der Waals surface area (Å²) in [5.41, 5.74) is 0. The van der Waals surface area contributed by atoms with Crippen LogP contribution in [-0.2, 0) is 0 Å². The van der Waals surface area contributed by atoms with Gasteiger partial charge in [0.05, 0.1) is 0 Å². The second-order valence-electron chi connectivity index (χ2n) is 6.64. The molecule has 1 aliphatic carbocycles. The van der Waals surface area contributed by atoms with E-state index in [1.54, 1.807) is 0 Å². The smallest absolute Gasteiger partial charge is 0.0252 e. The summed E-state index contributed by atoms with van der Waals surface area (Å²) < 4.78 is 0. The number of hydrogen-bond acceptors (Lipinski definition) is 2. The summed E-state index contributed by atoms with van der Waals surface area (Å²) in [4.78, 5) is 2.83. The van der Waals surface area contributed by atoms with Gasteiger partial charge in [-0.2, -0.15) is 0 Å². The Kier molecular flexibility index (Phi) is 5.50. The lowest BCUT2D eigenvalue weighted by molar-refractivity contribution is 0.0396. The average Bonchev–Trinajstić information content (AvgIpc) is 2.39. The van der Waals surface area contributed by atoms with Crippen LogP contribution in [0.5, 0.6) is 0 Å². The highest BCUT2D eigenvalue weighted by Crippen LogP contribution is 2.30. The normalized spacial score (nSPS) is 38.8. The van der Waals surface area contributed by atoms with Gasteiger partial charge in [-0.15, -0.1) is 0 Å². The summed E-state index contributed by atoms with van der Waals surface area (Å²) >= 11 is 0. The maximum absolute atomic E-state index is 3.81. The maximum atomic E-state index is 3.81. The molecule has 0 radical (unpaired) electrons. The Balaban J connectivity index is 1.97. The first-order valence-corrected chi connectivity index (χ1v) is 8.21. The van der Waals surface area contributed by atoms with Gasteiger partial charge in [-0.25, -0.2) is 0 Å². The van der Waals surface area contributed by atoms with Crippen LogP contribution in [0.25, 0.3) is 0 Å². The highest BCUT2D eigenvalue weighted by Gasteiger charge is 2.34. The van der Waals surface area contributed by atoms with Gasteiger partial charge in [0.25, 0.3) is 0 Å². The lowest BCUT2D eigenvalue weighted by Gasteiger charge is -2.47. The third-order valence-electron chi connectivity index (χ3n) is 4.98. The van der Waals surface area contributed by atoms with Crippen LogP contribution < -0.4 is 5.32 Å². The highest BCUT2D eigenvalue weighted by molar-refractivity contribution is 4.92. The van der Waals surface area contributed by atoms with E-state index in [1.165, 1.54) is 58.0 Å². The first-order chi connectivity index (χ1) is 8.72. The number of likely N-dealkylation sites (tertiary alicyclic amines) is 1. The van der Waals surface area contributed by atoms with E-state index in [0.29, 0.717) is 0 Å². The fraction of sp³-hybridized carbons (Fsp3) is 1.00. The van der Waals surface area contributed by atoms with Gasteiger partial charge >= 0.3 is 0 Å². The molecule has 0 amide bonds. The molecule has 2 nitrogen and oxygen atoms in total. The number of piperidine rings is 1. The summed E-state index contributed by atoms with van der Waals surface area (Å²) in [6.45, 7) is 9.67. The monoisotopic (exact) mass is 252 g/mol. The van der Waals surface area contributed by atoms with E-state index in [4.69, 9.17) is 0 Å². The van der Waals surface area contributed by atoms with Crippen molar-refractivity contribution in [3.8, 4) is 0 Å². The molecule has 0 bridgehead atoms. The minimum atomic E-state index is 0.756. The molecule has 1 saturated heterocycles. The van der Waals surface area contributed by atoms with E-state index in [-0.39, 0.29) is 0 Å². The summed E-state index contributed by atoms with van der Waals surface area (Å²) in [6, 6.07) is 2.37. The van der Waals surface area contributed by atoms with Crippen LogP contribution in [-0.4, -0.2) is 36.1 Å². The summed E-state index contributed by atoms with van der Waals surface area (Å²) in [5.74, 6) is 0.898. The van der Waals surface area contributed by atoms with Crippen molar-refractivity contribution in [2.45, 2.75) is 83.8 Å². The van der Waals surface area contributed by atoms with Crippen LogP contribution in [0.2, 0.25) is 0 Å². The topological polar surface area (TPSA) is 15.3 Å². The fourth-order valence-corrected chi connectivity index (χ4v) is 3.86. The Labute approximate surface area is 114 Å². The molecular formula is C16H32N2. The third kappa shape index (κ3) is 3.48. The first kappa shape index (κ1) is 14.3. The van der Waals surface area contributed by atoms with E-state index in [0.717, 1.165) is 24.0 Å². The van der Waals surface area contributed by atoms with Gasteiger partial charge in [-0.05, 0) is 51.5 Å². The van der Waals surface area contributed by atoms with Gasteiger partial charge in [-0.1, -0.05) is 26.7 Å². The maximum Gasteiger partial charge on any atom is 0.0252 e. The fourth-order valence-electron chi connectivity index (χ4n) is 3.86. The Hall–Kier alpha value is -0.0800. The van der Waals surface area contributed by atoms with Crippen LogP contribution in [0.1, 0.15) is 65.7 Å². The van der Waals surface area contributed by atoms with Crippen molar-refractivity contribution in [2.75, 3.05) is 13.1 Å². The summed E-state index contributed by atoms with van der Waals surface area (Å²) in [7, 11) is 0. The zero-order valence-electron chi connectivity index (χ0n) is 12.6. The zero-order valence-corrected chi connectivity index (χ0v) is 12.6. The molecule has 1 N–H and O–H groups in total. The molecular weight excluding hydrogens is 220 g/mol. The van der Waals surface area contributed by atoms with Gasteiger partial charge in [0.1, 0.15) is 0 Å². The predicted octanol–water partition coefficient (Wildman–Crippen LogP) is 3.42. The largest absolute Gasteiger partial charge is 0.312 e. The predicted molar refractivity (Wildman–Crippen MR) is 78.9 cm³/mol. The molecule has 0 aromatic carbocycles. The lowest BCUT2D eigenvalue weighted by atomic mass is 9.85. The van der Waals surface area contributed by atoms with Gasteiger partial charge in [-0.3, -0.25) is 4.90 Å². The molecule has 4 atom stereocenters. The lowest BCUT2D eigenvalue weighted by Crippen LogP contribution is -2.57. The molecule has 4 unspecified atom stereocenters. The standard InChI is InChI=1S/C16H32N2/c1-4-11-17-15-7-5-6-8-16(15)18-12-13(2)9-10-14(18)3/h13-17H,4-12H2,1-3H3. The molecule has 2 fully saturated rings. The van der Waals surface area contributed by atoms with E-state index >= 15 is 0 Å². The Morgan fingerprint density at radius 3 is 2.61 bits per heavy atom. The molecule has 1 saturated carbocycles. The van der Waals surface area contributed by atoms with Crippen molar-refractivity contribution in [3.63, 3.8) is 0 Å². The SMILES string of the molecule is CCCNC1CCCCC1N1CC(C)CCC1C. The number of nitrogens with zero attached hydrogens (tertiary/aromatic N) is 1. The van der Waals surface area contributed by atoms with Gasteiger partial charge in [0.15, 0.2) is 0 Å². The molecule has 18 heavy (non-hydrogen) atoms. The van der Waals surface area contributed by atoms with Crippen LogP contribution in [0, 0.1) is 5.92 Å². The minimum Gasteiger partial charge on any atom is -0.312 e. The van der Waals surface area contributed by atoms with Crippen LogP contribution in [0.4, 0.5) is 0 Å². The Morgan fingerprint density at radius 1 is 1.06 bits per heavy atom. The van der Waals surface area contributed by atoms with E-state index in [9.17, 15) is 0 Å². The van der Waals surface area contributed by atoms with Gasteiger partial charge in [0.2, 0.25) is 0 Å². The van der Waals surface area contributed by atoms with Crippen molar-refractivity contribution in [1.82, 2.24) is 10.2 Å². The van der Waals surface area contributed by atoms with E-state index < -0.39 is 0 Å². The number of rotatable bonds is 4. The molecule has 0 spiro atoms. The second kappa shape index (κ2) is 6.91. The average molecular weight is 252 g/mol. The Morgan fingerprint density at radius 2 is 1.83 bits per heavy atom. The van der Waals surface area contributed by atoms with Crippen LogP contribution in [0.15, 0.2) is 0 Å². The van der Waals surface area contributed by atoms with Crippen molar-refractivity contribution in [3.05, 3.63) is 0 Å². The molecule has 2 aliphatic rings. The van der Waals surface area contributed by atoms with E-state index in [1.807, 2.05) is 0 Å². The van der Waals surface area contributed by atoms with Gasteiger partial charge < -0.3 is 5.32 Å². The molecule has 106 valence electrons. The highest BCUT2D eigenvalue weighted by atomic mass is 15.2. The van der Waals surface area contributed by atoms with Gasteiger partial charge in [0, 0.05) is 24.7 Å². The van der Waals surface area contributed by atoms with Crippen molar-refractivity contribution in [2.24, 2.45) is 5.92 Å². The molecule has 2 rings (SSSR count). The van der Waals surface area contributed by atoms with Crippen molar-refractivity contribution in [1.29, 1.82) is 0 Å². The van der Waals surface area contributed by atoms with Crippen LogP contribution in [0.3, 0.4) is 0 Å². The van der Waals surface area contributed by atoms with E-state index in [2.05, 4.69) is 31.0 Å².